The minimum atomic E-state index is -0.956. The number of nitrogens with zero attached hydrogens (tertiary/aromatic N) is 3. The summed E-state index contributed by atoms with van der Waals surface area (Å²) in [5.41, 5.74) is 13.9. The molecule has 1 unspecified atom stereocenters. The predicted molar refractivity (Wildman–Crippen MR) is 145 cm³/mol. The molecule has 12 heteroatoms. The van der Waals surface area contributed by atoms with Crippen molar-refractivity contribution in [2.45, 2.75) is 64.0 Å². The van der Waals surface area contributed by atoms with Gasteiger partial charge in [-0.1, -0.05) is 49.3 Å². The Hall–Kier alpha value is -3.35. The van der Waals surface area contributed by atoms with Gasteiger partial charge in [-0.25, -0.2) is 4.79 Å². The number of unbranched alkanes of at least 4 members (excludes halogenated alkanes) is 2. The maximum Gasteiger partial charge on any atom is 0.328 e. The molecular formula is C25H34N6O5S. The summed E-state index contributed by atoms with van der Waals surface area (Å²) in [6, 6.07) is 7.26. The number of hydrogen-bond acceptors (Lipinski definition) is 9. The minimum absolute atomic E-state index is 0.0138. The van der Waals surface area contributed by atoms with Crippen LogP contribution in [-0.2, 0) is 17.8 Å². The Balaban J connectivity index is 1.52. The molecule has 0 saturated carbocycles. The number of nitrogen functional groups attached to an aromatic ring is 1. The zero-order chi connectivity index (χ0) is 26.8. The molecule has 200 valence electrons. The molecule has 0 saturated heterocycles. The lowest BCUT2D eigenvalue weighted by molar-refractivity contribution is -0.138. The first-order chi connectivity index (χ1) is 17.8. The average molecular weight is 531 g/mol. The van der Waals surface area contributed by atoms with Gasteiger partial charge in [0.2, 0.25) is 0 Å². The average Bonchev–Trinajstić information content (AvgIpc) is 3.18. The lowest BCUT2D eigenvalue weighted by atomic mass is 10.0. The number of nitrogens with one attached hydrogen (secondary N) is 1. The highest BCUT2D eigenvalue weighted by molar-refractivity contribution is 7.80. The lowest BCUT2D eigenvalue weighted by Crippen LogP contribution is -2.29. The number of H-pyrrole nitrogens is 1. The van der Waals surface area contributed by atoms with E-state index in [-0.39, 0.29) is 30.7 Å². The van der Waals surface area contributed by atoms with Crippen molar-refractivity contribution in [3.63, 3.8) is 0 Å². The third-order valence-corrected chi connectivity index (χ3v) is 6.42. The van der Waals surface area contributed by atoms with Crippen LogP contribution in [0.4, 0.5) is 5.82 Å². The highest BCUT2D eigenvalue weighted by Crippen LogP contribution is 2.19. The van der Waals surface area contributed by atoms with Crippen LogP contribution in [0.5, 0.6) is 6.01 Å². The summed E-state index contributed by atoms with van der Waals surface area (Å²) < 4.78 is 6.92. The fourth-order valence-electron chi connectivity index (χ4n) is 3.86. The number of benzene rings is 1. The predicted octanol–water partition coefficient (Wildman–Crippen LogP) is 2.18. The molecule has 0 fully saturated rings. The lowest BCUT2D eigenvalue weighted by Gasteiger charge is -2.08. The van der Waals surface area contributed by atoms with Crippen molar-refractivity contribution >= 4 is 40.0 Å². The number of carboxylic acids is 1. The Kier molecular flexibility index (Phi) is 10.5. The number of imidazole rings is 1. The number of nitrogens with two attached hydrogens (primary N) is 2. The van der Waals surface area contributed by atoms with Gasteiger partial charge in [-0.05, 0) is 48.1 Å². The van der Waals surface area contributed by atoms with Crippen LogP contribution in [0.15, 0.2) is 29.1 Å². The Labute approximate surface area is 219 Å². The zero-order valence-electron chi connectivity index (χ0n) is 20.7. The van der Waals surface area contributed by atoms with Gasteiger partial charge in [0.1, 0.15) is 11.6 Å². The number of ether oxygens (including phenoxy) is 1. The maximum absolute atomic E-state index is 12.6. The molecule has 0 aliphatic heterocycles. The second kappa shape index (κ2) is 13.8. The minimum Gasteiger partial charge on any atom is -0.480 e. The number of anilines is 1. The van der Waals surface area contributed by atoms with Gasteiger partial charge in [-0.15, -0.1) is 0 Å². The molecule has 7 N–H and O–H groups in total. The third-order valence-electron chi connectivity index (χ3n) is 6.01. The molecule has 1 atom stereocenters. The fourth-order valence-corrected chi connectivity index (χ4v) is 4.11. The van der Waals surface area contributed by atoms with Crippen LogP contribution in [0.3, 0.4) is 0 Å². The van der Waals surface area contributed by atoms with Crippen molar-refractivity contribution in [3.8, 4) is 6.01 Å². The summed E-state index contributed by atoms with van der Waals surface area (Å²) in [4.78, 5) is 35.4. The monoisotopic (exact) mass is 530 g/mol. The number of carboxylic acid groups (broad SMARTS) is 1. The Morgan fingerprint density at radius 1 is 1.11 bits per heavy atom. The van der Waals surface area contributed by atoms with Crippen molar-refractivity contribution in [2.75, 3.05) is 18.9 Å². The first kappa shape index (κ1) is 28.2. The fraction of sp³-hybridized carbons (Fsp3) is 0.480. The number of aliphatic carboxylic acids is 1. The van der Waals surface area contributed by atoms with Crippen LogP contribution < -0.4 is 21.9 Å². The number of aliphatic hydroxyl groups is 1. The van der Waals surface area contributed by atoms with E-state index in [1.54, 1.807) is 0 Å². The normalized spacial score (nSPS) is 12.1. The van der Waals surface area contributed by atoms with E-state index in [2.05, 4.69) is 15.0 Å². The summed E-state index contributed by atoms with van der Waals surface area (Å²) in [7, 11) is 0. The van der Waals surface area contributed by atoms with Crippen molar-refractivity contribution in [1.29, 1.82) is 0 Å². The van der Waals surface area contributed by atoms with Crippen LogP contribution in [0, 0.1) is 0 Å². The molecule has 0 radical (unpaired) electrons. The summed E-state index contributed by atoms with van der Waals surface area (Å²) in [5.74, 6) is -0.835. The van der Waals surface area contributed by atoms with E-state index in [1.165, 1.54) is 4.57 Å². The van der Waals surface area contributed by atoms with Gasteiger partial charge in [0.05, 0.1) is 13.2 Å². The number of aromatic nitrogens is 4. The van der Waals surface area contributed by atoms with E-state index < -0.39 is 12.0 Å². The molecule has 2 aromatic heterocycles. The molecule has 2 heterocycles. The number of rotatable bonds is 16. The number of aromatic amines is 1. The van der Waals surface area contributed by atoms with E-state index in [0.717, 1.165) is 54.5 Å². The van der Waals surface area contributed by atoms with Gasteiger partial charge in [0, 0.05) is 13.0 Å². The van der Waals surface area contributed by atoms with Gasteiger partial charge in [0.15, 0.2) is 11.5 Å². The number of carbonyl (C=O) groups is 1. The molecule has 0 amide bonds. The smallest absolute Gasteiger partial charge is 0.328 e. The van der Waals surface area contributed by atoms with E-state index in [4.69, 9.17) is 38.6 Å². The second-order valence-corrected chi connectivity index (χ2v) is 9.51. The summed E-state index contributed by atoms with van der Waals surface area (Å²) in [6.45, 7) is 0.526. The Bertz CT molecular complexity index is 1260. The van der Waals surface area contributed by atoms with Crippen LogP contribution in [0.2, 0.25) is 0 Å². The molecule has 0 aliphatic carbocycles. The topological polar surface area (TPSA) is 182 Å². The molecule has 3 aromatic rings. The van der Waals surface area contributed by atoms with Crippen molar-refractivity contribution < 1.29 is 19.7 Å². The van der Waals surface area contributed by atoms with Crippen LogP contribution in [0.25, 0.3) is 11.2 Å². The van der Waals surface area contributed by atoms with Gasteiger partial charge in [0.25, 0.3) is 0 Å². The van der Waals surface area contributed by atoms with Crippen molar-refractivity contribution in [1.82, 2.24) is 19.5 Å². The van der Waals surface area contributed by atoms with E-state index in [1.807, 2.05) is 24.3 Å². The van der Waals surface area contributed by atoms with E-state index >= 15 is 0 Å². The quantitative estimate of drug-likeness (QED) is 0.136. The van der Waals surface area contributed by atoms with Gasteiger partial charge >= 0.3 is 17.7 Å². The number of hydrogen-bond donors (Lipinski definition) is 5. The van der Waals surface area contributed by atoms with E-state index in [9.17, 15) is 9.59 Å². The molecule has 0 spiro atoms. The van der Waals surface area contributed by atoms with Gasteiger partial charge in [-0.2, -0.15) is 9.97 Å². The van der Waals surface area contributed by atoms with Crippen molar-refractivity contribution in [3.05, 3.63) is 45.9 Å². The third kappa shape index (κ3) is 8.34. The number of thiocarbonyl (C=S) groups is 1. The molecular weight excluding hydrogens is 496 g/mol. The highest BCUT2D eigenvalue weighted by Gasteiger charge is 2.15. The SMILES string of the molecule is Nc1nc(OCCCO)nc2c1[nH]c(=O)n2Cc1ccc(CCC(=S)CCCCCC(N)C(=O)O)cc1. The number of fused-ring (bicyclic) bond motifs is 1. The summed E-state index contributed by atoms with van der Waals surface area (Å²) in [6.07, 6.45) is 6.03. The molecule has 0 aliphatic rings. The maximum atomic E-state index is 12.6. The largest absolute Gasteiger partial charge is 0.480 e. The molecule has 0 bridgehead atoms. The zero-order valence-corrected chi connectivity index (χ0v) is 21.5. The van der Waals surface area contributed by atoms with Crippen molar-refractivity contribution in [2.24, 2.45) is 5.73 Å². The second-order valence-electron chi connectivity index (χ2n) is 8.93. The Morgan fingerprint density at radius 3 is 2.54 bits per heavy atom. The van der Waals surface area contributed by atoms with Crippen LogP contribution >= 0.6 is 12.2 Å². The number of aryl methyl sites for hydroxylation is 1. The molecule has 3 rings (SSSR count). The van der Waals surface area contributed by atoms with Crippen LogP contribution in [0.1, 0.15) is 56.1 Å². The first-order valence-corrected chi connectivity index (χ1v) is 12.8. The first-order valence-electron chi connectivity index (χ1n) is 12.4. The van der Waals surface area contributed by atoms with E-state index in [0.29, 0.717) is 30.6 Å². The molecule has 37 heavy (non-hydrogen) atoms. The number of aliphatic hydroxyl groups excluding tert-OH is 1. The van der Waals surface area contributed by atoms with Gasteiger partial charge < -0.3 is 31.4 Å². The summed E-state index contributed by atoms with van der Waals surface area (Å²) in [5, 5.41) is 17.7. The summed E-state index contributed by atoms with van der Waals surface area (Å²) >= 11 is 5.51. The highest BCUT2D eigenvalue weighted by atomic mass is 32.1. The standard InChI is InChI=1S/C25H34N6O5S/c26-19(23(33)34)6-3-1-2-5-18(37)12-11-16-7-9-17(10-8-16)15-31-22-20(28-25(31)35)21(27)29-24(30-22)36-14-4-13-32/h7-10,19,32H,1-6,11-15,26H2,(H,28,35)(H,33,34)(H2,27,29,30). The molecule has 1 aromatic carbocycles. The Morgan fingerprint density at radius 2 is 1.84 bits per heavy atom. The van der Waals surface area contributed by atoms with Crippen LogP contribution in [-0.4, -0.2) is 59.8 Å². The molecule has 11 nitrogen and oxygen atoms in total. The van der Waals surface area contributed by atoms with Gasteiger partial charge in [-0.3, -0.25) is 9.36 Å².